The van der Waals surface area contributed by atoms with Crippen molar-refractivity contribution in [3.8, 4) is 34.3 Å². The van der Waals surface area contributed by atoms with Gasteiger partial charge in [-0.1, -0.05) is 0 Å². The quantitative estimate of drug-likeness (QED) is 0.485. The number of thiazole rings is 1. The van der Waals surface area contributed by atoms with Crippen LogP contribution in [0.4, 0.5) is 5.13 Å². The highest BCUT2D eigenvalue weighted by atomic mass is 32.1. The van der Waals surface area contributed by atoms with Crippen molar-refractivity contribution >= 4 is 28.3 Å². The third-order valence-electron chi connectivity index (χ3n) is 4.39. The van der Waals surface area contributed by atoms with E-state index in [0.29, 0.717) is 16.6 Å². The Balaban J connectivity index is 1.62. The van der Waals surface area contributed by atoms with Crippen LogP contribution in [-0.4, -0.2) is 51.9 Å². The topological polar surface area (TPSA) is 105 Å². The van der Waals surface area contributed by atoms with Gasteiger partial charge in [-0.2, -0.15) is 0 Å². The second kappa shape index (κ2) is 10.5. The van der Waals surface area contributed by atoms with E-state index in [-0.39, 0.29) is 17.1 Å². The Labute approximate surface area is 188 Å². The van der Waals surface area contributed by atoms with E-state index in [1.807, 2.05) is 29.6 Å². The molecule has 0 aliphatic carbocycles. The first kappa shape index (κ1) is 22.9. The highest BCUT2D eigenvalue weighted by Gasteiger charge is 2.22. The van der Waals surface area contributed by atoms with Crippen molar-refractivity contribution in [3.05, 3.63) is 47.3 Å². The van der Waals surface area contributed by atoms with E-state index in [1.165, 1.54) is 38.7 Å². The minimum atomic E-state index is -0.740. The Morgan fingerprint density at radius 3 is 2.25 bits per heavy atom. The minimum absolute atomic E-state index is 0.106. The normalized spacial score (nSPS) is 10.2. The molecule has 10 heteroatoms. The van der Waals surface area contributed by atoms with Crippen molar-refractivity contribution in [1.29, 1.82) is 0 Å². The number of benzene rings is 2. The molecule has 1 aromatic heterocycles. The Morgan fingerprint density at radius 1 is 0.906 bits per heavy atom. The Kier molecular flexibility index (Phi) is 7.50. The lowest BCUT2D eigenvalue weighted by molar-refractivity contribution is -0.119. The Morgan fingerprint density at radius 2 is 1.62 bits per heavy atom. The molecule has 0 unspecified atom stereocenters. The second-order valence-corrected chi connectivity index (χ2v) is 7.13. The van der Waals surface area contributed by atoms with Gasteiger partial charge in [0.15, 0.2) is 23.2 Å². The lowest BCUT2D eigenvalue weighted by atomic mass is 10.1. The van der Waals surface area contributed by atoms with Gasteiger partial charge in [-0.05, 0) is 36.4 Å². The summed E-state index contributed by atoms with van der Waals surface area (Å²) < 4.78 is 26.0. The Hall–Kier alpha value is -3.79. The van der Waals surface area contributed by atoms with E-state index in [1.54, 1.807) is 13.2 Å². The molecule has 0 saturated carbocycles. The van der Waals surface area contributed by atoms with Gasteiger partial charge in [-0.15, -0.1) is 11.3 Å². The number of nitrogens with zero attached hydrogens (tertiary/aromatic N) is 1. The molecule has 0 fully saturated rings. The molecule has 32 heavy (non-hydrogen) atoms. The van der Waals surface area contributed by atoms with Gasteiger partial charge >= 0.3 is 5.97 Å². The maximum absolute atomic E-state index is 12.5. The average molecular weight is 458 g/mol. The smallest absolute Gasteiger partial charge is 0.342 e. The van der Waals surface area contributed by atoms with Crippen LogP contribution >= 0.6 is 11.3 Å². The van der Waals surface area contributed by atoms with Gasteiger partial charge in [0.25, 0.3) is 5.91 Å². The van der Waals surface area contributed by atoms with Gasteiger partial charge in [0.05, 0.1) is 34.1 Å². The van der Waals surface area contributed by atoms with Crippen LogP contribution in [0.15, 0.2) is 41.8 Å². The molecule has 0 atom stereocenters. The summed E-state index contributed by atoms with van der Waals surface area (Å²) in [6, 6.07) is 10.4. The number of carbonyl (C=O) groups is 2. The summed E-state index contributed by atoms with van der Waals surface area (Å²) in [5.74, 6) is 0.286. The van der Waals surface area contributed by atoms with Crippen LogP contribution in [0.25, 0.3) is 11.3 Å². The van der Waals surface area contributed by atoms with Gasteiger partial charge in [-0.25, -0.2) is 9.78 Å². The molecule has 0 bridgehead atoms. The fraction of sp³-hybridized carbons (Fsp3) is 0.227. The zero-order valence-corrected chi connectivity index (χ0v) is 18.8. The van der Waals surface area contributed by atoms with Crippen molar-refractivity contribution in [2.75, 3.05) is 40.4 Å². The van der Waals surface area contributed by atoms with Crippen molar-refractivity contribution in [3.63, 3.8) is 0 Å². The van der Waals surface area contributed by atoms with Crippen molar-refractivity contribution in [2.45, 2.75) is 0 Å². The number of hydrogen-bond acceptors (Lipinski definition) is 9. The van der Waals surface area contributed by atoms with E-state index >= 15 is 0 Å². The molecule has 1 N–H and O–H groups in total. The molecule has 0 radical (unpaired) electrons. The molecular formula is C22H22N2O7S. The van der Waals surface area contributed by atoms with Crippen LogP contribution in [0.2, 0.25) is 0 Å². The van der Waals surface area contributed by atoms with Gasteiger partial charge < -0.3 is 23.7 Å². The number of aromatic nitrogens is 1. The van der Waals surface area contributed by atoms with E-state index in [9.17, 15) is 9.59 Å². The van der Waals surface area contributed by atoms with Crippen LogP contribution in [0.3, 0.4) is 0 Å². The molecule has 3 rings (SSSR count). The van der Waals surface area contributed by atoms with Crippen molar-refractivity contribution < 1.29 is 33.3 Å². The average Bonchev–Trinajstić information content (AvgIpc) is 3.29. The van der Waals surface area contributed by atoms with Gasteiger partial charge in [0, 0.05) is 10.9 Å². The van der Waals surface area contributed by atoms with Gasteiger partial charge in [0.2, 0.25) is 5.75 Å². The summed E-state index contributed by atoms with van der Waals surface area (Å²) in [6.45, 7) is -0.492. The van der Waals surface area contributed by atoms with Crippen LogP contribution in [0, 0.1) is 0 Å². The fourth-order valence-corrected chi connectivity index (χ4v) is 3.59. The van der Waals surface area contributed by atoms with Crippen LogP contribution in [0.5, 0.6) is 23.0 Å². The molecule has 0 aliphatic rings. The predicted octanol–water partition coefficient (Wildman–Crippen LogP) is 3.64. The summed E-state index contributed by atoms with van der Waals surface area (Å²) in [5, 5.41) is 4.83. The number of carbonyl (C=O) groups excluding carboxylic acids is 2. The molecule has 168 valence electrons. The molecule has 3 aromatic rings. The summed E-state index contributed by atoms with van der Waals surface area (Å²) in [4.78, 5) is 29.1. The molecule has 1 amide bonds. The van der Waals surface area contributed by atoms with Gasteiger partial charge in [0.1, 0.15) is 11.3 Å². The SMILES string of the molecule is COc1ccc(-c2csc(NC(=O)COC(=O)c3ccc(OC)c(OC)c3OC)n2)cc1. The molecular weight excluding hydrogens is 436 g/mol. The van der Waals surface area contributed by atoms with Crippen molar-refractivity contribution in [1.82, 2.24) is 4.98 Å². The van der Waals surface area contributed by atoms with Crippen LogP contribution in [0.1, 0.15) is 10.4 Å². The van der Waals surface area contributed by atoms with Crippen LogP contribution in [-0.2, 0) is 9.53 Å². The summed E-state index contributed by atoms with van der Waals surface area (Å²) in [6.07, 6.45) is 0. The summed E-state index contributed by atoms with van der Waals surface area (Å²) in [7, 11) is 5.89. The van der Waals surface area contributed by atoms with E-state index in [0.717, 1.165) is 11.3 Å². The van der Waals surface area contributed by atoms with Crippen molar-refractivity contribution in [2.24, 2.45) is 0 Å². The lowest BCUT2D eigenvalue weighted by Gasteiger charge is -2.15. The largest absolute Gasteiger partial charge is 0.497 e. The number of rotatable bonds is 9. The fourth-order valence-electron chi connectivity index (χ4n) is 2.85. The molecule has 0 spiro atoms. The first-order chi connectivity index (χ1) is 15.5. The first-order valence-corrected chi connectivity index (χ1v) is 10.2. The predicted molar refractivity (Wildman–Crippen MR) is 119 cm³/mol. The Bertz CT molecular complexity index is 1100. The third kappa shape index (κ3) is 5.09. The highest BCUT2D eigenvalue weighted by molar-refractivity contribution is 7.14. The molecule has 0 aliphatic heterocycles. The van der Waals surface area contributed by atoms with E-state index in [4.69, 9.17) is 23.7 Å². The zero-order chi connectivity index (χ0) is 23.1. The standard InChI is InChI=1S/C22H22N2O7S/c1-27-14-7-5-13(6-8-14)16-12-32-22(23-16)24-18(25)11-31-21(26)15-9-10-17(28-2)20(30-4)19(15)29-3/h5-10,12H,11H2,1-4H3,(H,23,24,25). The number of methoxy groups -OCH3 is 4. The second-order valence-electron chi connectivity index (χ2n) is 6.27. The number of amides is 1. The van der Waals surface area contributed by atoms with Crippen LogP contribution < -0.4 is 24.3 Å². The highest BCUT2D eigenvalue weighted by Crippen LogP contribution is 2.40. The summed E-state index contributed by atoms with van der Waals surface area (Å²) >= 11 is 1.26. The molecule has 9 nitrogen and oxygen atoms in total. The molecule has 2 aromatic carbocycles. The molecule has 0 saturated heterocycles. The number of nitrogens with one attached hydrogen (secondary N) is 1. The maximum atomic E-state index is 12.5. The van der Waals surface area contributed by atoms with E-state index < -0.39 is 18.5 Å². The maximum Gasteiger partial charge on any atom is 0.342 e. The monoisotopic (exact) mass is 458 g/mol. The van der Waals surface area contributed by atoms with E-state index in [2.05, 4.69) is 10.3 Å². The lowest BCUT2D eigenvalue weighted by Crippen LogP contribution is -2.21. The number of ether oxygens (including phenoxy) is 5. The number of anilines is 1. The van der Waals surface area contributed by atoms with Gasteiger partial charge in [-0.3, -0.25) is 10.1 Å². The molecule has 1 heterocycles. The number of esters is 1. The zero-order valence-electron chi connectivity index (χ0n) is 18.0. The summed E-state index contributed by atoms with van der Waals surface area (Å²) in [5.41, 5.74) is 1.70. The minimum Gasteiger partial charge on any atom is -0.497 e. The number of hydrogen-bond donors (Lipinski definition) is 1. The third-order valence-corrected chi connectivity index (χ3v) is 5.15. The first-order valence-electron chi connectivity index (χ1n) is 9.36.